The molecular weight excluding hydrogens is 366 g/mol. The largest absolute Gasteiger partial charge is 0.273 e. The molecule has 4 aromatic rings. The maximum absolute atomic E-state index is 4.75. The summed E-state index contributed by atoms with van der Waals surface area (Å²) in [7, 11) is 0. The van der Waals surface area contributed by atoms with E-state index in [2.05, 4.69) is 104 Å². The Morgan fingerprint density at radius 1 is 0.800 bits per heavy atom. The van der Waals surface area contributed by atoms with Crippen LogP contribution in [0.15, 0.2) is 73.1 Å². The normalized spacial score (nSPS) is 12.5. The van der Waals surface area contributed by atoms with Crippen LogP contribution in [0.25, 0.3) is 28.2 Å². The van der Waals surface area contributed by atoms with Crippen molar-refractivity contribution in [1.82, 2.24) is 9.78 Å². The predicted octanol–water partition coefficient (Wildman–Crippen LogP) is 6.10. The number of rotatable bonds is 4. The topological polar surface area (TPSA) is 21.7 Å². The van der Waals surface area contributed by atoms with Crippen molar-refractivity contribution in [1.29, 1.82) is 0 Å². The van der Waals surface area contributed by atoms with E-state index in [0.717, 1.165) is 6.54 Å². The van der Waals surface area contributed by atoms with Crippen LogP contribution in [0.5, 0.6) is 0 Å². The zero-order valence-corrected chi connectivity index (χ0v) is 18.1. The first-order chi connectivity index (χ1) is 14.5. The lowest BCUT2D eigenvalue weighted by atomic mass is 9.88. The SMILES string of the molecule is CC(C)c1cc(-c2ccccc2)cc(C(C)C)c1-[n+]1cnn2c1-c1ccccc1C2. The number of benzene rings is 3. The third kappa shape index (κ3) is 2.97. The highest BCUT2D eigenvalue weighted by Crippen LogP contribution is 2.36. The smallest absolute Gasteiger partial charge is 0.196 e. The van der Waals surface area contributed by atoms with Crippen LogP contribution in [0.2, 0.25) is 0 Å². The highest BCUT2D eigenvalue weighted by molar-refractivity contribution is 5.69. The Bertz CT molecular complexity index is 1190. The minimum atomic E-state index is 0.404. The molecule has 0 radical (unpaired) electrons. The summed E-state index contributed by atoms with van der Waals surface area (Å²) in [5, 5.41) is 4.75. The van der Waals surface area contributed by atoms with Crippen LogP contribution >= 0.6 is 0 Å². The zero-order chi connectivity index (χ0) is 20.8. The Balaban J connectivity index is 1.79. The molecule has 0 N–H and O–H groups in total. The fourth-order valence-electron chi connectivity index (χ4n) is 4.57. The predicted molar refractivity (Wildman–Crippen MR) is 122 cm³/mol. The molecule has 0 bridgehead atoms. The summed E-state index contributed by atoms with van der Waals surface area (Å²) in [6.45, 7) is 9.99. The Hall–Kier alpha value is -3.20. The molecule has 1 aliphatic rings. The molecule has 0 spiro atoms. The van der Waals surface area contributed by atoms with Crippen molar-refractivity contribution in [3.8, 4) is 28.2 Å². The van der Waals surface area contributed by atoms with E-state index in [1.807, 2.05) is 6.33 Å². The standard InChI is InChI=1S/C27H28N3/c1-18(2)24-14-22(20-10-6-5-7-11-20)15-25(19(3)4)26(24)29-17-28-30-16-21-12-8-9-13-23(21)27(29)30/h5-15,17-19H,16H2,1-4H3/q+1. The van der Waals surface area contributed by atoms with Gasteiger partial charge in [0.15, 0.2) is 0 Å². The second kappa shape index (κ2) is 7.24. The Labute approximate surface area is 178 Å². The third-order valence-electron chi connectivity index (χ3n) is 6.12. The molecule has 3 aromatic carbocycles. The van der Waals surface area contributed by atoms with Crippen LogP contribution in [0.1, 0.15) is 56.2 Å². The molecular formula is C27H28N3+. The van der Waals surface area contributed by atoms with E-state index in [0.29, 0.717) is 11.8 Å². The van der Waals surface area contributed by atoms with Gasteiger partial charge in [-0.2, -0.15) is 4.57 Å². The highest BCUT2D eigenvalue weighted by Gasteiger charge is 2.33. The van der Waals surface area contributed by atoms with Gasteiger partial charge < -0.3 is 0 Å². The molecule has 0 fully saturated rings. The van der Waals surface area contributed by atoms with Gasteiger partial charge in [0.05, 0.1) is 5.56 Å². The van der Waals surface area contributed by atoms with E-state index < -0.39 is 0 Å². The number of aromatic nitrogens is 3. The van der Waals surface area contributed by atoms with E-state index >= 15 is 0 Å². The Morgan fingerprint density at radius 2 is 1.43 bits per heavy atom. The summed E-state index contributed by atoms with van der Waals surface area (Å²) in [5.41, 5.74) is 9.20. The van der Waals surface area contributed by atoms with E-state index in [9.17, 15) is 0 Å². The minimum Gasteiger partial charge on any atom is -0.196 e. The fraction of sp³-hybridized carbons (Fsp3) is 0.259. The molecule has 0 atom stereocenters. The first-order valence-corrected chi connectivity index (χ1v) is 10.8. The number of fused-ring (bicyclic) bond motifs is 3. The van der Waals surface area contributed by atoms with Gasteiger partial charge in [-0.05, 0) is 52.3 Å². The zero-order valence-electron chi connectivity index (χ0n) is 18.1. The van der Waals surface area contributed by atoms with Crippen molar-refractivity contribution < 1.29 is 4.57 Å². The van der Waals surface area contributed by atoms with Crippen LogP contribution < -0.4 is 4.57 Å². The lowest BCUT2D eigenvalue weighted by Gasteiger charge is -2.20. The average molecular weight is 395 g/mol. The molecule has 0 unspecified atom stereocenters. The molecule has 1 aromatic heterocycles. The van der Waals surface area contributed by atoms with Crippen molar-refractivity contribution in [2.45, 2.75) is 46.1 Å². The molecule has 150 valence electrons. The summed E-state index contributed by atoms with van der Waals surface area (Å²) in [5.74, 6) is 1.99. The van der Waals surface area contributed by atoms with E-state index in [1.54, 1.807) is 0 Å². The first-order valence-electron chi connectivity index (χ1n) is 10.8. The Morgan fingerprint density at radius 3 is 2.10 bits per heavy atom. The quantitative estimate of drug-likeness (QED) is 0.337. The summed E-state index contributed by atoms with van der Waals surface area (Å²) >= 11 is 0. The maximum Gasteiger partial charge on any atom is 0.273 e. The maximum atomic E-state index is 4.75. The molecule has 3 nitrogen and oxygen atoms in total. The average Bonchev–Trinajstić information content (AvgIpc) is 3.32. The molecule has 3 heteroatoms. The summed E-state index contributed by atoms with van der Waals surface area (Å²) < 4.78 is 4.45. The second-order valence-corrected chi connectivity index (χ2v) is 8.82. The molecule has 0 amide bonds. The van der Waals surface area contributed by atoms with E-state index in [4.69, 9.17) is 5.10 Å². The summed E-state index contributed by atoms with van der Waals surface area (Å²) in [6.07, 6.45) is 2.00. The number of nitrogens with zero attached hydrogens (tertiary/aromatic N) is 3. The van der Waals surface area contributed by atoms with E-state index in [-0.39, 0.29) is 0 Å². The fourth-order valence-corrected chi connectivity index (χ4v) is 4.57. The molecule has 1 aliphatic heterocycles. The summed E-state index contributed by atoms with van der Waals surface area (Å²) in [6, 6.07) is 24.1. The van der Waals surface area contributed by atoms with Gasteiger partial charge >= 0.3 is 0 Å². The van der Waals surface area contributed by atoms with Crippen molar-refractivity contribution in [2.24, 2.45) is 0 Å². The van der Waals surface area contributed by atoms with Gasteiger partial charge in [-0.15, -0.1) is 4.68 Å². The van der Waals surface area contributed by atoms with Crippen molar-refractivity contribution in [2.75, 3.05) is 0 Å². The van der Waals surface area contributed by atoms with Gasteiger partial charge in [0.2, 0.25) is 0 Å². The first kappa shape index (κ1) is 18.8. The second-order valence-electron chi connectivity index (χ2n) is 8.82. The monoisotopic (exact) mass is 394 g/mol. The van der Waals surface area contributed by atoms with Gasteiger partial charge in [0.25, 0.3) is 12.2 Å². The number of hydrogen-bond acceptors (Lipinski definition) is 1. The molecule has 2 heterocycles. The summed E-state index contributed by atoms with van der Waals surface area (Å²) in [4.78, 5) is 0. The van der Waals surface area contributed by atoms with Crippen LogP contribution in [0, 0.1) is 0 Å². The van der Waals surface area contributed by atoms with Crippen LogP contribution in [-0.2, 0) is 6.54 Å². The lowest BCUT2D eigenvalue weighted by molar-refractivity contribution is -0.585. The van der Waals surface area contributed by atoms with Crippen LogP contribution in [0.4, 0.5) is 0 Å². The molecule has 5 rings (SSSR count). The molecule has 0 saturated carbocycles. The van der Waals surface area contributed by atoms with Gasteiger partial charge in [-0.3, -0.25) is 0 Å². The van der Waals surface area contributed by atoms with Crippen LogP contribution in [0.3, 0.4) is 0 Å². The number of hydrogen-bond donors (Lipinski definition) is 0. The van der Waals surface area contributed by atoms with Gasteiger partial charge in [0.1, 0.15) is 12.2 Å². The molecule has 0 aliphatic carbocycles. The Kier molecular flexibility index (Phi) is 4.54. The van der Waals surface area contributed by atoms with Crippen molar-refractivity contribution >= 4 is 0 Å². The van der Waals surface area contributed by atoms with Gasteiger partial charge in [0, 0.05) is 10.7 Å². The highest BCUT2D eigenvalue weighted by atomic mass is 15.4. The van der Waals surface area contributed by atoms with Gasteiger partial charge in [-0.25, -0.2) is 0 Å². The van der Waals surface area contributed by atoms with E-state index in [1.165, 1.54) is 44.9 Å². The van der Waals surface area contributed by atoms with Gasteiger partial charge in [-0.1, -0.05) is 76.2 Å². The third-order valence-corrected chi connectivity index (χ3v) is 6.12. The van der Waals surface area contributed by atoms with Crippen molar-refractivity contribution in [3.63, 3.8) is 0 Å². The lowest BCUT2D eigenvalue weighted by Crippen LogP contribution is -2.34. The molecule has 30 heavy (non-hydrogen) atoms. The minimum absolute atomic E-state index is 0.404. The van der Waals surface area contributed by atoms with Crippen molar-refractivity contribution in [3.05, 3.63) is 89.7 Å². The van der Waals surface area contributed by atoms with Crippen LogP contribution in [-0.4, -0.2) is 9.78 Å². The molecule has 0 saturated heterocycles.